The maximum atomic E-state index is 13.9. The largest absolute Gasteiger partial charge is 0.447 e. The van der Waals surface area contributed by atoms with Crippen molar-refractivity contribution in [3.8, 4) is 0 Å². The third-order valence-electron chi connectivity index (χ3n) is 7.93. The highest BCUT2D eigenvalue weighted by Gasteiger charge is 2.53. The normalized spacial score (nSPS) is 23.9. The second-order valence-corrected chi connectivity index (χ2v) is 16.4. The lowest BCUT2D eigenvalue weighted by Gasteiger charge is -2.47. The number of hydrogen-bond donors (Lipinski definition) is 1. The number of carbonyl (C=O) groups is 2. The first-order valence-electron chi connectivity index (χ1n) is 13.3. The Hall–Kier alpha value is -3.28. The number of amides is 2. The molecule has 2 fully saturated rings. The zero-order valence-electron chi connectivity index (χ0n) is 23.2. The lowest BCUT2D eigenvalue weighted by atomic mass is 9.96. The van der Waals surface area contributed by atoms with Crippen LogP contribution in [0, 0.1) is 10.1 Å². The summed E-state index contributed by atoms with van der Waals surface area (Å²) >= 11 is 0. The highest BCUT2D eigenvalue weighted by molar-refractivity contribution is 6.77. The molecule has 0 radical (unpaired) electrons. The van der Waals surface area contributed by atoms with Crippen LogP contribution in [-0.4, -0.2) is 49.2 Å². The Bertz CT molecular complexity index is 1170. The van der Waals surface area contributed by atoms with E-state index in [1.807, 2.05) is 30.3 Å². The SMILES string of the molecule is CC(C)[Si](O[C@@H]1NC(=O)C(N2C(=O)OC[C@@H]2c2ccccc2)C(c2ccc([N+](=O)[O-])cc2)O1)(C(C)C)C(C)C. The summed E-state index contributed by atoms with van der Waals surface area (Å²) in [4.78, 5) is 39.1. The fourth-order valence-corrected chi connectivity index (χ4v) is 11.5. The lowest BCUT2D eigenvalue weighted by molar-refractivity contribution is -0.384. The minimum atomic E-state index is -2.47. The van der Waals surface area contributed by atoms with Crippen molar-refractivity contribution in [1.82, 2.24) is 10.2 Å². The summed E-state index contributed by atoms with van der Waals surface area (Å²) in [7, 11) is -2.47. The Labute approximate surface area is 229 Å². The topological polar surface area (TPSA) is 120 Å². The molecule has 0 aliphatic carbocycles. The number of nitrogens with one attached hydrogen (secondary N) is 1. The van der Waals surface area contributed by atoms with Gasteiger partial charge in [-0.05, 0) is 39.9 Å². The van der Waals surface area contributed by atoms with Gasteiger partial charge in [0.15, 0.2) is 0 Å². The fraction of sp³-hybridized carbons (Fsp3) is 0.500. The molecule has 2 unspecified atom stereocenters. The van der Waals surface area contributed by atoms with Crippen molar-refractivity contribution in [2.75, 3.05) is 6.61 Å². The Morgan fingerprint density at radius 1 is 0.949 bits per heavy atom. The number of ether oxygens (including phenoxy) is 2. The third-order valence-corrected chi connectivity index (χ3v) is 14.0. The minimum absolute atomic E-state index is 0.0862. The molecule has 2 saturated heterocycles. The van der Waals surface area contributed by atoms with Gasteiger partial charge >= 0.3 is 6.09 Å². The van der Waals surface area contributed by atoms with Crippen molar-refractivity contribution in [2.24, 2.45) is 0 Å². The maximum absolute atomic E-state index is 13.9. The Kier molecular flexibility index (Phi) is 8.43. The van der Waals surface area contributed by atoms with Crippen LogP contribution in [0.3, 0.4) is 0 Å². The number of non-ortho nitro benzene ring substituents is 1. The highest BCUT2D eigenvalue weighted by Crippen LogP contribution is 2.45. The van der Waals surface area contributed by atoms with Crippen LogP contribution in [0.5, 0.6) is 0 Å². The Morgan fingerprint density at radius 3 is 2.08 bits per heavy atom. The first-order valence-corrected chi connectivity index (χ1v) is 15.5. The molecule has 0 aromatic heterocycles. The quantitative estimate of drug-likeness (QED) is 0.235. The third kappa shape index (κ3) is 5.43. The molecule has 2 aliphatic rings. The summed E-state index contributed by atoms with van der Waals surface area (Å²) in [5.74, 6) is -0.437. The molecular formula is C28H37N3O7Si. The van der Waals surface area contributed by atoms with E-state index in [1.165, 1.54) is 17.0 Å². The molecule has 4 rings (SSSR count). The number of rotatable bonds is 9. The van der Waals surface area contributed by atoms with Gasteiger partial charge in [0.25, 0.3) is 5.69 Å². The van der Waals surface area contributed by atoms with Crippen molar-refractivity contribution < 1.29 is 28.4 Å². The summed E-state index contributed by atoms with van der Waals surface area (Å²) in [6, 6.07) is 13.6. The summed E-state index contributed by atoms with van der Waals surface area (Å²) < 4.78 is 18.6. The summed E-state index contributed by atoms with van der Waals surface area (Å²) in [6.45, 7) is 12.9. The van der Waals surface area contributed by atoms with E-state index in [0.717, 1.165) is 5.56 Å². The van der Waals surface area contributed by atoms with Gasteiger partial charge in [0, 0.05) is 12.1 Å². The van der Waals surface area contributed by atoms with Gasteiger partial charge in [-0.3, -0.25) is 19.8 Å². The van der Waals surface area contributed by atoms with Crippen LogP contribution in [0.2, 0.25) is 16.6 Å². The number of benzene rings is 2. The highest BCUT2D eigenvalue weighted by atomic mass is 28.4. The number of nitro groups is 1. The Balaban J connectivity index is 1.75. The van der Waals surface area contributed by atoms with Crippen molar-refractivity contribution >= 4 is 26.0 Å². The summed E-state index contributed by atoms with van der Waals surface area (Å²) in [5, 5.41) is 14.2. The van der Waals surface area contributed by atoms with E-state index in [1.54, 1.807) is 12.1 Å². The van der Waals surface area contributed by atoms with Crippen LogP contribution in [0.1, 0.15) is 64.8 Å². The molecule has 10 nitrogen and oxygen atoms in total. The maximum Gasteiger partial charge on any atom is 0.411 e. The first-order chi connectivity index (χ1) is 18.5. The standard InChI is InChI=1S/C28H37N3O7Si/c1-17(2)39(18(3)4,19(5)6)38-27-29-26(32)24(25(37-27)21-12-14-22(15-13-21)31(34)35)30-23(16-36-28(30)33)20-10-8-7-9-11-20/h7-15,17-19,23-25,27H,16H2,1-6H3,(H,29,32)/t23-,24?,25?,27-/m1/s1. The number of nitrogens with zero attached hydrogens (tertiary/aromatic N) is 2. The van der Waals surface area contributed by atoms with Gasteiger partial charge in [0.2, 0.25) is 20.6 Å². The summed E-state index contributed by atoms with van der Waals surface area (Å²) in [6.07, 6.45) is -2.62. The lowest BCUT2D eigenvalue weighted by Crippen LogP contribution is -2.63. The smallest absolute Gasteiger partial charge is 0.411 e. The monoisotopic (exact) mass is 555 g/mol. The van der Waals surface area contributed by atoms with Crippen LogP contribution in [0.15, 0.2) is 54.6 Å². The van der Waals surface area contributed by atoms with E-state index in [9.17, 15) is 19.7 Å². The molecule has 4 atom stereocenters. The first kappa shape index (κ1) is 28.7. The van der Waals surface area contributed by atoms with E-state index in [0.29, 0.717) is 5.56 Å². The van der Waals surface area contributed by atoms with E-state index in [4.69, 9.17) is 13.9 Å². The van der Waals surface area contributed by atoms with Gasteiger partial charge in [-0.25, -0.2) is 4.79 Å². The van der Waals surface area contributed by atoms with Gasteiger partial charge in [0.05, 0.1) is 11.0 Å². The van der Waals surface area contributed by atoms with Crippen molar-refractivity contribution in [2.45, 2.75) is 82.8 Å². The molecule has 11 heteroatoms. The van der Waals surface area contributed by atoms with Crippen LogP contribution in [0.25, 0.3) is 0 Å². The van der Waals surface area contributed by atoms with Crippen molar-refractivity contribution in [3.63, 3.8) is 0 Å². The summed E-state index contributed by atoms with van der Waals surface area (Å²) in [5.41, 5.74) is 1.98. The zero-order chi connectivity index (χ0) is 28.5. The predicted molar refractivity (Wildman–Crippen MR) is 147 cm³/mol. The van der Waals surface area contributed by atoms with Crippen molar-refractivity contribution in [1.29, 1.82) is 0 Å². The van der Waals surface area contributed by atoms with Crippen LogP contribution in [0.4, 0.5) is 10.5 Å². The molecule has 0 spiro atoms. The molecule has 2 aromatic rings. The Morgan fingerprint density at radius 2 is 1.54 bits per heavy atom. The molecule has 2 aliphatic heterocycles. The van der Waals surface area contributed by atoms with Gasteiger partial charge in [-0.1, -0.05) is 71.9 Å². The number of nitro benzene ring substituents is 1. The van der Waals surface area contributed by atoms with Gasteiger partial charge < -0.3 is 19.2 Å². The molecule has 1 N–H and O–H groups in total. The van der Waals surface area contributed by atoms with Crippen molar-refractivity contribution in [3.05, 3.63) is 75.8 Å². The molecule has 39 heavy (non-hydrogen) atoms. The van der Waals surface area contributed by atoms with E-state index in [2.05, 4.69) is 46.9 Å². The average molecular weight is 556 g/mol. The molecule has 0 saturated carbocycles. The molecule has 2 amide bonds. The molecule has 210 valence electrons. The molecule has 2 aromatic carbocycles. The predicted octanol–water partition coefficient (Wildman–Crippen LogP) is 5.82. The molecule has 0 bridgehead atoms. The van der Waals surface area contributed by atoms with E-state index >= 15 is 0 Å². The van der Waals surface area contributed by atoms with Gasteiger partial charge in [-0.15, -0.1) is 0 Å². The van der Waals surface area contributed by atoms with E-state index in [-0.39, 0.29) is 28.9 Å². The van der Waals surface area contributed by atoms with Gasteiger partial charge in [-0.2, -0.15) is 0 Å². The fourth-order valence-electron chi connectivity index (χ4n) is 6.22. The number of hydrogen-bond acceptors (Lipinski definition) is 7. The second-order valence-electron chi connectivity index (χ2n) is 11.0. The van der Waals surface area contributed by atoms with E-state index < -0.39 is 49.8 Å². The zero-order valence-corrected chi connectivity index (χ0v) is 24.2. The molecular weight excluding hydrogens is 518 g/mol. The molecule has 2 heterocycles. The number of cyclic esters (lactones) is 1. The van der Waals surface area contributed by atoms with Crippen LogP contribution in [-0.2, 0) is 18.7 Å². The van der Waals surface area contributed by atoms with Gasteiger partial charge in [0.1, 0.15) is 18.8 Å². The minimum Gasteiger partial charge on any atom is -0.447 e. The second kappa shape index (κ2) is 11.4. The van der Waals surface area contributed by atoms with Crippen LogP contribution >= 0.6 is 0 Å². The van der Waals surface area contributed by atoms with Crippen LogP contribution < -0.4 is 5.32 Å². The number of carbonyl (C=O) groups excluding carboxylic acids is 2. The average Bonchev–Trinajstić information content (AvgIpc) is 3.27.